The Morgan fingerprint density at radius 1 is 1.29 bits per heavy atom. The van der Waals surface area contributed by atoms with Crippen molar-refractivity contribution in [3.63, 3.8) is 0 Å². The van der Waals surface area contributed by atoms with E-state index in [9.17, 15) is 14.0 Å². The number of anilines is 3. The molecule has 1 aromatic carbocycles. The summed E-state index contributed by atoms with van der Waals surface area (Å²) >= 11 is 1.17. The van der Waals surface area contributed by atoms with E-state index in [1.807, 2.05) is 6.92 Å². The van der Waals surface area contributed by atoms with Gasteiger partial charge in [-0.25, -0.2) is 4.39 Å². The molecule has 6 N–H and O–H groups in total. The molecule has 1 heterocycles. The van der Waals surface area contributed by atoms with Crippen LogP contribution in [0, 0.1) is 12.7 Å². The number of hydrogen-bond donors (Lipinski definition) is 4. The van der Waals surface area contributed by atoms with Gasteiger partial charge < -0.3 is 26.8 Å². The number of rotatable bonds is 7. The van der Waals surface area contributed by atoms with Gasteiger partial charge in [0.25, 0.3) is 11.8 Å². The summed E-state index contributed by atoms with van der Waals surface area (Å²) in [4.78, 5) is 22.8. The second kappa shape index (κ2) is 7.23. The molecule has 2 aromatic rings. The minimum atomic E-state index is -1.22. The number of nitrogens with two attached hydrogens (primary N) is 2. The zero-order valence-electron chi connectivity index (χ0n) is 12.9. The van der Waals surface area contributed by atoms with Crippen LogP contribution >= 0.6 is 11.5 Å². The number of carbonyl (C=O) groups is 2. The van der Waals surface area contributed by atoms with Gasteiger partial charge in [-0.1, -0.05) is 0 Å². The highest BCUT2D eigenvalue weighted by atomic mass is 32.1. The zero-order chi connectivity index (χ0) is 17.9. The monoisotopic (exact) mass is 353 g/mol. The lowest BCUT2D eigenvalue weighted by atomic mass is 10.1. The molecular formula is C14H16FN5O3S. The predicted octanol–water partition coefficient (Wildman–Crippen LogP) is 1.30. The van der Waals surface area contributed by atoms with Crippen molar-refractivity contribution in [2.45, 2.75) is 13.2 Å². The minimum Gasteiger partial charge on any atom is -0.366 e. The first-order chi connectivity index (χ1) is 11.3. The second-order valence-corrected chi connectivity index (χ2v) is 5.67. The normalized spacial score (nSPS) is 11.8. The second-order valence-electron chi connectivity index (χ2n) is 4.86. The topological polar surface area (TPSA) is 132 Å². The van der Waals surface area contributed by atoms with Crippen molar-refractivity contribution in [2.75, 3.05) is 17.7 Å². The largest absolute Gasteiger partial charge is 0.366 e. The number of aromatic nitrogens is 1. The van der Waals surface area contributed by atoms with E-state index in [1.165, 1.54) is 24.7 Å². The quantitative estimate of drug-likeness (QED) is 0.555. The average Bonchev–Trinajstić information content (AvgIpc) is 2.91. The van der Waals surface area contributed by atoms with Gasteiger partial charge in [-0.05, 0) is 36.7 Å². The van der Waals surface area contributed by atoms with Crippen LogP contribution in [0.5, 0.6) is 0 Å². The molecule has 0 saturated carbocycles. The number of halogens is 1. The highest BCUT2D eigenvalue weighted by molar-refractivity contribution is 7.10. The summed E-state index contributed by atoms with van der Waals surface area (Å²) < 4.78 is 23.1. The van der Waals surface area contributed by atoms with Crippen LogP contribution in [0.1, 0.15) is 16.1 Å². The van der Waals surface area contributed by atoms with Crippen LogP contribution in [-0.2, 0) is 9.53 Å². The number of amides is 2. The fourth-order valence-electron chi connectivity index (χ4n) is 1.93. The molecule has 10 heteroatoms. The van der Waals surface area contributed by atoms with Crippen molar-refractivity contribution in [3.05, 3.63) is 35.3 Å². The van der Waals surface area contributed by atoms with Crippen LogP contribution in [0.4, 0.5) is 20.8 Å². The summed E-state index contributed by atoms with van der Waals surface area (Å²) in [5, 5.41) is 6.12. The maximum absolute atomic E-state index is 14.2. The molecule has 0 radical (unpaired) electrons. The lowest BCUT2D eigenvalue weighted by Gasteiger charge is -2.17. The van der Waals surface area contributed by atoms with E-state index in [4.69, 9.17) is 16.2 Å². The molecule has 8 nitrogen and oxygen atoms in total. The van der Waals surface area contributed by atoms with Gasteiger partial charge in [0.15, 0.2) is 0 Å². The summed E-state index contributed by atoms with van der Waals surface area (Å²) in [6, 6.07) is 4.03. The first-order valence-electron chi connectivity index (χ1n) is 6.74. The fourth-order valence-corrected chi connectivity index (χ4v) is 2.61. The number of nitrogens with zero attached hydrogens (tertiary/aromatic N) is 1. The van der Waals surface area contributed by atoms with Crippen molar-refractivity contribution in [1.29, 1.82) is 0 Å². The van der Waals surface area contributed by atoms with Gasteiger partial charge in [-0.15, -0.1) is 0 Å². The summed E-state index contributed by atoms with van der Waals surface area (Å²) in [6.45, 7) is 1.81. The highest BCUT2D eigenvalue weighted by Crippen LogP contribution is 2.29. The van der Waals surface area contributed by atoms with E-state index >= 15 is 0 Å². The van der Waals surface area contributed by atoms with E-state index in [0.717, 1.165) is 11.8 Å². The average molecular weight is 353 g/mol. The fraction of sp³-hybridized carbons (Fsp3) is 0.214. The molecule has 0 aliphatic carbocycles. The Labute approximate surface area is 141 Å². The Hall–Kier alpha value is -2.72. The lowest BCUT2D eigenvalue weighted by Crippen LogP contribution is -2.37. The Balaban J connectivity index is 2.41. The summed E-state index contributed by atoms with van der Waals surface area (Å²) in [7, 11) is 1.25. The molecule has 0 fully saturated rings. The van der Waals surface area contributed by atoms with Crippen LogP contribution < -0.4 is 22.1 Å². The number of methoxy groups -OCH3 is 1. The van der Waals surface area contributed by atoms with E-state index in [1.54, 1.807) is 6.07 Å². The maximum Gasteiger partial charge on any atom is 0.267 e. The van der Waals surface area contributed by atoms with Crippen LogP contribution in [0.2, 0.25) is 0 Å². The van der Waals surface area contributed by atoms with Crippen LogP contribution in [-0.4, -0.2) is 29.5 Å². The van der Waals surface area contributed by atoms with Crippen LogP contribution in [0.25, 0.3) is 0 Å². The van der Waals surface area contributed by atoms with Crippen molar-refractivity contribution in [2.24, 2.45) is 11.5 Å². The number of aryl methyl sites for hydroxylation is 1. The van der Waals surface area contributed by atoms with Gasteiger partial charge >= 0.3 is 0 Å². The van der Waals surface area contributed by atoms with Gasteiger partial charge in [0.2, 0.25) is 6.23 Å². The summed E-state index contributed by atoms with van der Waals surface area (Å²) in [5.41, 5.74) is 11.4. The molecule has 0 aliphatic heterocycles. The molecule has 0 aliphatic rings. The van der Waals surface area contributed by atoms with Crippen molar-refractivity contribution >= 4 is 39.7 Å². The van der Waals surface area contributed by atoms with Crippen molar-refractivity contribution in [3.8, 4) is 0 Å². The maximum atomic E-state index is 14.2. The van der Waals surface area contributed by atoms with Crippen molar-refractivity contribution in [1.82, 2.24) is 4.37 Å². The Bertz CT molecular complexity index is 780. The van der Waals surface area contributed by atoms with Crippen molar-refractivity contribution < 1.29 is 18.7 Å². The SMILES string of the molecule is CO[C@@H](Nc1cc(Nc2cc(C)ns2)c(C(N)=O)cc1F)C(N)=O. The van der Waals surface area contributed by atoms with E-state index < -0.39 is 23.9 Å². The van der Waals surface area contributed by atoms with Crippen LogP contribution in [0.15, 0.2) is 18.2 Å². The summed E-state index contributed by atoms with van der Waals surface area (Å²) in [6.07, 6.45) is -1.22. The van der Waals surface area contributed by atoms with Gasteiger partial charge in [0.05, 0.1) is 22.6 Å². The smallest absolute Gasteiger partial charge is 0.267 e. The minimum absolute atomic E-state index is 0.0443. The number of nitrogens with one attached hydrogen (secondary N) is 2. The first-order valence-corrected chi connectivity index (χ1v) is 7.51. The molecule has 2 rings (SSSR count). The number of ether oxygens (including phenoxy) is 1. The highest BCUT2D eigenvalue weighted by Gasteiger charge is 2.19. The van der Waals surface area contributed by atoms with Gasteiger partial charge in [-0.2, -0.15) is 4.37 Å². The number of carbonyl (C=O) groups excluding carboxylic acids is 2. The van der Waals surface area contributed by atoms with Crippen LogP contribution in [0.3, 0.4) is 0 Å². The molecule has 0 unspecified atom stereocenters. The van der Waals surface area contributed by atoms with Gasteiger partial charge in [-0.3, -0.25) is 9.59 Å². The number of benzene rings is 1. The Kier molecular flexibility index (Phi) is 5.31. The molecular weight excluding hydrogens is 337 g/mol. The number of hydrogen-bond acceptors (Lipinski definition) is 7. The Morgan fingerprint density at radius 3 is 2.50 bits per heavy atom. The molecule has 24 heavy (non-hydrogen) atoms. The molecule has 0 saturated heterocycles. The molecule has 0 bridgehead atoms. The molecule has 1 atom stereocenters. The van der Waals surface area contributed by atoms with E-state index in [0.29, 0.717) is 5.00 Å². The van der Waals surface area contributed by atoms with E-state index in [-0.39, 0.29) is 16.9 Å². The first kappa shape index (κ1) is 17.6. The summed E-state index contributed by atoms with van der Waals surface area (Å²) in [5.74, 6) is -2.40. The Morgan fingerprint density at radius 2 is 2.00 bits per heavy atom. The lowest BCUT2D eigenvalue weighted by molar-refractivity contribution is -0.126. The van der Waals surface area contributed by atoms with Gasteiger partial charge in [0, 0.05) is 7.11 Å². The molecule has 2 amide bonds. The number of primary amides is 2. The third kappa shape index (κ3) is 3.97. The standard InChI is InChI=1S/C14H16FN5O3S/c1-6-3-11(24-20-6)18-9-5-10(19-14(23-2)13(17)22)8(15)4-7(9)12(16)21/h3-5,14,18-19H,1-2H3,(H2,16,21)(H2,17,22)/t14-/m1/s1. The molecule has 0 spiro atoms. The third-order valence-corrected chi connectivity index (χ3v) is 3.84. The third-order valence-electron chi connectivity index (χ3n) is 3.04. The van der Waals surface area contributed by atoms with Gasteiger partial charge in [0.1, 0.15) is 10.8 Å². The predicted molar refractivity (Wildman–Crippen MR) is 88.7 cm³/mol. The molecule has 128 valence electrons. The molecule has 1 aromatic heterocycles. The van der Waals surface area contributed by atoms with E-state index in [2.05, 4.69) is 15.0 Å². The zero-order valence-corrected chi connectivity index (χ0v) is 13.7.